The third-order valence-electron chi connectivity index (χ3n) is 3.09. The van der Waals surface area contributed by atoms with E-state index in [0.717, 1.165) is 0 Å². The molecule has 1 aromatic heterocycles. The number of aromatic nitrogens is 3. The molecule has 1 saturated heterocycles. The number of piperazine rings is 1. The highest BCUT2D eigenvalue weighted by molar-refractivity contribution is 7.88. The molecule has 0 radical (unpaired) electrons. The predicted molar refractivity (Wildman–Crippen MR) is 79.2 cm³/mol. The summed E-state index contributed by atoms with van der Waals surface area (Å²) in [5, 5.41) is 2.86. The first kappa shape index (κ1) is 15.7. The summed E-state index contributed by atoms with van der Waals surface area (Å²) in [4.78, 5) is 14.6. The Morgan fingerprint density at radius 3 is 2.38 bits per heavy atom. The van der Waals surface area contributed by atoms with Crippen LogP contribution >= 0.6 is 0 Å². The maximum Gasteiger partial charge on any atom is 0.323 e. The van der Waals surface area contributed by atoms with Crippen LogP contribution in [0.15, 0.2) is 0 Å². The standard InChI is InChI=1S/C11H20N6O3S/c1-4-20-11-14-9(12-2)13-10(15-11)16-5-7-17(8-6-16)21(3,18)19/h4-8H2,1-3H3,(H,12,13,14,15). The molecule has 1 aliphatic heterocycles. The molecule has 10 heteroatoms. The molecule has 0 spiro atoms. The van der Waals surface area contributed by atoms with Gasteiger partial charge in [-0.2, -0.15) is 19.3 Å². The van der Waals surface area contributed by atoms with Crippen molar-refractivity contribution in [2.24, 2.45) is 0 Å². The van der Waals surface area contributed by atoms with E-state index in [4.69, 9.17) is 4.74 Å². The SMILES string of the molecule is CCOc1nc(NC)nc(N2CCN(S(C)(=O)=O)CC2)n1. The fourth-order valence-corrected chi connectivity index (χ4v) is 2.84. The zero-order valence-electron chi connectivity index (χ0n) is 12.4. The number of nitrogens with zero attached hydrogens (tertiary/aromatic N) is 5. The van der Waals surface area contributed by atoms with Crippen LogP contribution in [0.1, 0.15) is 6.92 Å². The number of anilines is 2. The number of sulfonamides is 1. The van der Waals surface area contributed by atoms with Crippen LogP contribution in [0.2, 0.25) is 0 Å². The highest BCUT2D eigenvalue weighted by Crippen LogP contribution is 2.17. The molecule has 0 saturated carbocycles. The van der Waals surface area contributed by atoms with Crippen molar-refractivity contribution in [3.05, 3.63) is 0 Å². The van der Waals surface area contributed by atoms with Gasteiger partial charge in [0, 0.05) is 33.2 Å². The summed E-state index contributed by atoms with van der Waals surface area (Å²) in [5.41, 5.74) is 0. The van der Waals surface area contributed by atoms with Crippen LogP contribution < -0.4 is 15.0 Å². The normalized spacial score (nSPS) is 16.8. The molecule has 1 aliphatic rings. The molecule has 0 aliphatic carbocycles. The second-order valence-corrected chi connectivity index (χ2v) is 6.56. The zero-order chi connectivity index (χ0) is 15.5. The third-order valence-corrected chi connectivity index (χ3v) is 4.39. The molecule has 0 amide bonds. The molecule has 2 rings (SSSR count). The molecule has 1 N–H and O–H groups in total. The van der Waals surface area contributed by atoms with Crippen LogP contribution in [0.5, 0.6) is 6.01 Å². The number of rotatable bonds is 5. The number of hydrogen-bond acceptors (Lipinski definition) is 8. The van der Waals surface area contributed by atoms with Crippen LogP contribution in [0.25, 0.3) is 0 Å². The molecule has 0 bridgehead atoms. The molecule has 1 fully saturated rings. The van der Waals surface area contributed by atoms with Crippen LogP contribution in [0, 0.1) is 0 Å². The summed E-state index contributed by atoms with van der Waals surface area (Å²) in [6.45, 7) is 4.23. The summed E-state index contributed by atoms with van der Waals surface area (Å²) in [6.07, 6.45) is 1.22. The molecule has 1 aromatic rings. The van der Waals surface area contributed by atoms with Gasteiger partial charge in [-0.15, -0.1) is 0 Å². The average molecular weight is 316 g/mol. The minimum atomic E-state index is -3.14. The maximum atomic E-state index is 11.5. The van der Waals surface area contributed by atoms with Gasteiger partial charge in [0.25, 0.3) is 0 Å². The van der Waals surface area contributed by atoms with E-state index in [1.165, 1.54) is 10.6 Å². The van der Waals surface area contributed by atoms with E-state index in [-0.39, 0.29) is 6.01 Å². The third kappa shape index (κ3) is 3.91. The minimum absolute atomic E-state index is 0.261. The lowest BCUT2D eigenvalue weighted by molar-refractivity contribution is 0.311. The number of ether oxygens (including phenoxy) is 1. The van der Waals surface area contributed by atoms with Gasteiger partial charge in [-0.3, -0.25) is 0 Å². The smallest absolute Gasteiger partial charge is 0.323 e. The number of hydrogen-bond donors (Lipinski definition) is 1. The van der Waals surface area contributed by atoms with Crippen molar-refractivity contribution in [2.75, 3.05) is 56.3 Å². The Bertz CT molecular complexity index is 586. The van der Waals surface area contributed by atoms with E-state index < -0.39 is 10.0 Å². The molecule has 21 heavy (non-hydrogen) atoms. The monoisotopic (exact) mass is 316 g/mol. The molecule has 0 atom stereocenters. The van der Waals surface area contributed by atoms with Crippen molar-refractivity contribution < 1.29 is 13.2 Å². The lowest BCUT2D eigenvalue weighted by atomic mass is 10.4. The second kappa shape index (κ2) is 6.39. The lowest BCUT2D eigenvalue weighted by Gasteiger charge is -2.33. The Balaban J connectivity index is 2.14. The number of nitrogens with one attached hydrogen (secondary N) is 1. The fourth-order valence-electron chi connectivity index (χ4n) is 2.01. The molecule has 0 aromatic carbocycles. The Labute approximate surface area is 124 Å². The first-order chi connectivity index (χ1) is 9.94. The van der Waals surface area contributed by atoms with Gasteiger partial charge in [-0.05, 0) is 6.92 Å². The summed E-state index contributed by atoms with van der Waals surface area (Å²) in [7, 11) is -1.43. The van der Waals surface area contributed by atoms with E-state index >= 15 is 0 Å². The van der Waals surface area contributed by atoms with Gasteiger partial charge in [0.15, 0.2) is 0 Å². The first-order valence-electron chi connectivity index (χ1n) is 6.70. The fraction of sp³-hybridized carbons (Fsp3) is 0.727. The second-order valence-electron chi connectivity index (χ2n) is 4.57. The van der Waals surface area contributed by atoms with Crippen molar-refractivity contribution in [2.45, 2.75) is 6.92 Å². The van der Waals surface area contributed by atoms with E-state index in [2.05, 4.69) is 20.3 Å². The largest absolute Gasteiger partial charge is 0.464 e. The highest BCUT2D eigenvalue weighted by atomic mass is 32.2. The van der Waals surface area contributed by atoms with Crippen LogP contribution in [0.4, 0.5) is 11.9 Å². The Morgan fingerprint density at radius 1 is 1.19 bits per heavy atom. The van der Waals surface area contributed by atoms with Crippen molar-refractivity contribution in [1.29, 1.82) is 0 Å². The maximum absolute atomic E-state index is 11.5. The molecular formula is C11H20N6O3S. The lowest BCUT2D eigenvalue weighted by Crippen LogP contribution is -2.48. The topological polar surface area (TPSA) is 101 Å². The van der Waals surface area contributed by atoms with Crippen molar-refractivity contribution >= 4 is 21.9 Å². The zero-order valence-corrected chi connectivity index (χ0v) is 13.2. The quantitative estimate of drug-likeness (QED) is 0.768. The molecule has 9 nitrogen and oxygen atoms in total. The van der Waals surface area contributed by atoms with E-state index in [1.54, 1.807) is 7.05 Å². The molecule has 0 unspecified atom stereocenters. The molecule has 118 valence electrons. The van der Waals surface area contributed by atoms with Gasteiger partial charge < -0.3 is 15.0 Å². The molecule has 2 heterocycles. The van der Waals surface area contributed by atoms with Gasteiger partial charge in [0.05, 0.1) is 12.9 Å². The van der Waals surface area contributed by atoms with Crippen LogP contribution in [0.3, 0.4) is 0 Å². The highest BCUT2D eigenvalue weighted by Gasteiger charge is 2.25. The molecular weight excluding hydrogens is 296 g/mol. The Morgan fingerprint density at radius 2 is 1.86 bits per heavy atom. The predicted octanol–water partition coefficient (Wildman–Crippen LogP) is -0.606. The van der Waals surface area contributed by atoms with Crippen molar-refractivity contribution in [1.82, 2.24) is 19.3 Å². The van der Waals surface area contributed by atoms with Crippen molar-refractivity contribution in [3.8, 4) is 6.01 Å². The van der Waals surface area contributed by atoms with Crippen molar-refractivity contribution in [3.63, 3.8) is 0 Å². The van der Waals surface area contributed by atoms with Crippen LogP contribution in [-0.4, -0.2) is 73.8 Å². The van der Waals surface area contributed by atoms with Gasteiger partial charge in [0.2, 0.25) is 21.9 Å². The van der Waals surface area contributed by atoms with Gasteiger partial charge in [0.1, 0.15) is 0 Å². The van der Waals surface area contributed by atoms with E-state index in [0.29, 0.717) is 44.7 Å². The Hall–Kier alpha value is -1.68. The summed E-state index contributed by atoms with van der Waals surface area (Å²) < 4.78 is 29.8. The van der Waals surface area contributed by atoms with Crippen LogP contribution in [-0.2, 0) is 10.0 Å². The van der Waals surface area contributed by atoms with Gasteiger partial charge in [-0.25, -0.2) is 8.42 Å². The van der Waals surface area contributed by atoms with Gasteiger partial charge in [-0.1, -0.05) is 0 Å². The summed E-state index contributed by atoms with van der Waals surface area (Å²) >= 11 is 0. The first-order valence-corrected chi connectivity index (χ1v) is 8.55. The van der Waals surface area contributed by atoms with E-state index in [1.807, 2.05) is 11.8 Å². The minimum Gasteiger partial charge on any atom is -0.464 e. The Kier molecular flexibility index (Phi) is 4.78. The van der Waals surface area contributed by atoms with Gasteiger partial charge >= 0.3 is 6.01 Å². The summed E-state index contributed by atoms with van der Waals surface area (Å²) in [6, 6.07) is 0.261. The average Bonchev–Trinajstić information content (AvgIpc) is 2.46. The summed E-state index contributed by atoms with van der Waals surface area (Å²) in [5.74, 6) is 0.917. The van der Waals surface area contributed by atoms with E-state index in [9.17, 15) is 8.42 Å².